The average Bonchev–Trinajstić information content (AvgIpc) is 2.90. The fourth-order valence-electron chi connectivity index (χ4n) is 1.93. The van der Waals surface area contributed by atoms with E-state index in [1.807, 2.05) is 6.92 Å². The SMILES string of the molecule is CC(O)C(C)N(CC1CC1)C1CC1. The summed E-state index contributed by atoms with van der Waals surface area (Å²) in [5.41, 5.74) is 0. The smallest absolute Gasteiger partial charge is 0.0664 e. The molecule has 2 saturated carbocycles. The van der Waals surface area contributed by atoms with E-state index in [2.05, 4.69) is 11.8 Å². The minimum Gasteiger partial charge on any atom is -0.392 e. The molecular formula is C11H21NO. The van der Waals surface area contributed by atoms with Gasteiger partial charge in [0.15, 0.2) is 0 Å². The number of hydrogen-bond donors (Lipinski definition) is 1. The minimum atomic E-state index is -0.181. The van der Waals surface area contributed by atoms with Crippen molar-refractivity contribution in [1.29, 1.82) is 0 Å². The van der Waals surface area contributed by atoms with E-state index in [4.69, 9.17) is 0 Å². The molecule has 2 aliphatic rings. The first-order valence-electron chi connectivity index (χ1n) is 5.62. The van der Waals surface area contributed by atoms with E-state index in [9.17, 15) is 5.11 Å². The second-order valence-electron chi connectivity index (χ2n) is 4.85. The summed E-state index contributed by atoms with van der Waals surface area (Å²) in [6.45, 7) is 5.30. The third kappa shape index (κ3) is 2.44. The molecule has 0 aliphatic heterocycles. The Kier molecular flexibility index (Phi) is 2.61. The van der Waals surface area contributed by atoms with Gasteiger partial charge in [0.05, 0.1) is 6.10 Å². The van der Waals surface area contributed by atoms with Gasteiger partial charge in [0.1, 0.15) is 0 Å². The summed E-state index contributed by atoms with van der Waals surface area (Å²) in [6.07, 6.45) is 5.35. The van der Waals surface area contributed by atoms with Crippen LogP contribution in [0, 0.1) is 5.92 Å². The van der Waals surface area contributed by atoms with Crippen molar-refractivity contribution in [1.82, 2.24) is 4.90 Å². The molecule has 0 amide bonds. The quantitative estimate of drug-likeness (QED) is 0.700. The lowest BCUT2D eigenvalue weighted by Gasteiger charge is -2.31. The topological polar surface area (TPSA) is 23.5 Å². The van der Waals surface area contributed by atoms with Gasteiger partial charge >= 0.3 is 0 Å². The van der Waals surface area contributed by atoms with Crippen LogP contribution in [0.15, 0.2) is 0 Å². The number of nitrogens with zero attached hydrogens (tertiary/aromatic N) is 1. The summed E-state index contributed by atoms with van der Waals surface area (Å²) < 4.78 is 0. The predicted molar refractivity (Wildman–Crippen MR) is 53.6 cm³/mol. The largest absolute Gasteiger partial charge is 0.392 e. The lowest BCUT2D eigenvalue weighted by molar-refractivity contribution is 0.0625. The van der Waals surface area contributed by atoms with E-state index in [1.165, 1.54) is 32.2 Å². The first-order chi connectivity index (χ1) is 6.18. The van der Waals surface area contributed by atoms with Crippen molar-refractivity contribution in [2.24, 2.45) is 5.92 Å². The van der Waals surface area contributed by atoms with Crippen molar-refractivity contribution in [3.8, 4) is 0 Å². The zero-order valence-corrected chi connectivity index (χ0v) is 8.74. The second kappa shape index (κ2) is 3.58. The molecule has 0 aromatic carbocycles. The highest BCUT2D eigenvalue weighted by atomic mass is 16.3. The second-order valence-corrected chi connectivity index (χ2v) is 4.85. The Hall–Kier alpha value is -0.0800. The van der Waals surface area contributed by atoms with Gasteiger partial charge in [-0.25, -0.2) is 0 Å². The van der Waals surface area contributed by atoms with Crippen LogP contribution in [0.1, 0.15) is 39.5 Å². The Bertz CT molecular complexity index is 173. The van der Waals surface area contributed by atoms with E-state index in [1.54, 1.807) is 0 Å². The minimum absolute atomic E-state index is 0.181. The highest BCUT2D eigenvalue weighted by Gasteiger charge is 2.37. The Morgan fingerprint density at radius 2 is 1.85 bits per heavy atom. The van der Waals surface area contributed by atoms with Crippen LogP contribution in [0.25, 0.3) is 0 Å². The lowest BCUT2D eigenvalue weighted by Crippen LogP contribution is -2.42. The van der Waals surface area contributed by atoms with Crippen LogP contribution >= 0.6 is 0 Å². The molecule has 2 atom stereocenters. The standard InChI is InChI=1S/C11H21NO/c1-8(9(2)13)12(11-5-6-11)7-10-3-4-10/h8-11,13H,3-7H2,1-2H3. The summed E-state index contributed by atoms with van der Waals surface area (Å²) in [5, 5.41) is 9.56. The van der Waals surface area contributed by atoms with Gasteiger partial charge in [0, 0.05) is 18.6 Å². The first-order valence-corrected chi connectivity index (χ1v) is 5.62. The van der Waals surface area contributed by atoms with Crippen LogP contribution < -0.4 is 0 Å². The summed E-state index contributed by atoms with van der Waals surface area (Å²) in [4.78, 5) is 2.53. The van der Waals surface area contributed by atoms with E-state index >= 15 is 0 Å². The van der Waals surface area contributed by atoms with Crippen molar-refractivity contribution in [2.45, 2.75) is 57.7 Å². The molecule has 2 heteroatoms. The van der Waals surface area contributed by atoms with Crippen LogP contribution in [0.3, 0.4) is 0 Å². The van der Waals surface area contributed by atoms with E-state index in [0.717, 1.165) is 12.0 Å². The molecule has 2 aliphatic carbocycles. The Balaban J connectivity index is 1.86. The fraction of sp³-hybridized carbons (Fsp3) is 1.00. The molecule has 2 unspecified atom stereocenters. The molecule has 0 bridgehead atoms. The van der Waals surface area contributed by atoms with E-state index in [0.29, 0.717) is 6.04 Å². The zero-order valence-electron chi connectivity index (χ0n) is 8.74. The molecule has 0 spiro atoms. The number of hydrogen-bond acceptors (Lipinski definition) is 2. The molecule has 0 radical (unpaired) electrons. The molecule has 0 aromatic rings. The average molecular weight is 183 g/mol. The summed E-state index contributed by atoms with van der Waals surface area (Å²) in [6, 6.07) is 1.15. The van der Waals surface area contributed by atoms with Crippen LogP contribution in [0.4, 0.5) is 0 Å². The Labute approximate surface area is 80.9 Å². The van der Waals surface area contributed by atoms with Crippen LogP contribution in [-0.4, -0.2) is 34.7 Å². The van der Waals surface area contributed by atoms with Crippen LogP contribution in [0.2, 0.25) is 0 Å². The molecule has 76 valence electrons. The van der Waals surface area contributed by atoms with Crippen molar-refractivity contribution in [3.63, 3.8) is 0 Å². The van der Waals surface area contributed by atoms with Gasteiger partial charge < -0.3 is 5.11 Å². The van der Waals surface area contributed by atoms with Gasteiger partial charge in [0.2, 0.25) is 0 Å². The highest BCUT2D eigenvalue weighted by molar-refractivity contribution is 4.91. The van der Waals surface area contributed by atoms with Crippen molar-refractivity contribution >= 4 is 0 Å². The van der Waals surface area contributed by atoms with Gasteiger partial charge in [-0.05, 0) is 45.4 Å². The molecule has 2 fully saturated rings. The van der Waals surface area contributed by atoms with E-state index < -0.39 is 0 Å². The van der Waals surface area contributed by atoms with Crippen molar-refractivity contribution in [3.05, 3.63) is 0 Å². The molecule has 13 heavy (non-hydrogen) atoms. The summed E-state index contributed by atoms with van der Waals surface area (Å²) >= 11 is 0. The molecule has 2 rings (SSSR count). The van der Waals surface area contributed by atoms with Gasteiger partial charge in [-0.2, -0.15) is 0 Å². The van der Waals surface area contributed by atoms with Crippen LogP contribution in [-0.2, 0) is 0 Å². The Morgan fingerprint density at radius 1 is 1.23 bits per heavy atom. The van der Waals surface area contributed by atoms with Gasteiger partial charge in [-0.1, -0.05) is 0 Å². The molecular weight excluding hydrogens is 162 g/mol. The highest BCUT2D eigenvalue weighted by Crippen LogP contribution is 2.36. The van der Waals surface area contributed by atoms with Crippen molar-refractivity contribution in [2.75, 3.05) is 6.54 Å². The number of rotatable bonds is 5. The summed E-state index contributed by atoms with van der Waals surface area (Å²) in [7, 11) is 0. The monoisotopic (exact) mass is 183 g/mol. The molecule has 0 saturated heterocycles. The van der Waals surface area contributed by atoms with Crippen LogP contribution in [0.5, 0.6) is 0 Å². The van der Waals surface area contributed by atoms with Gasteiger partial charge in [-0.3, -0.25) is 4.90 Å². The predicted octanol–water partition coefficient (Wildman–Crippen LogP) is 1.63. The molecule has 0 aromatic heterocycles. The fourth-order valence-corrected chi connectivity index (χ4v) is 1.93. The normalized spacial score (nSPS) is 27.7. The maximum Gasteiger partial charge on any atom is 0.0664 e. The zero-order chi connectivity index (χ0) is 9.42. The first kappa shape index (κ1) is 9.47. The third-order valence-corrected chi connectivity index (χ3v) is 3.40. The molecule has 0 heterocycles. The summed E-state index contributed by atoms with van der Waals surface area (Å²) in [5.74, 6) is 0.946. The van der Waals surface area contributed by atoms with E-state index in [-0.39, 0.29) is 6.10 Å². The molecule has 2 nitrogen and oxygen atoms in total. The number of aliphatic hydroxyl groups is 1. The number of aliphatic hydroxyl groups excluding tert-OH is 1. The maximum atomic E-state index is 9.56. The maximum absolute atomic E-state index is 9.56. The van der Waals surface area contributed by atoms with Gasteiger partial charge in [0.25, 0.3) is 0 Å². The lowest BCUT2D eigenvalue weighted by atomic mass is 10.1. The Morgan fingerprint density at radius 3 is 2.23 bits per heavy atom. The third-order valence-electron chi connectivity index (χ3n) is 3.40. The van der Waals surface area contributed by atoms with Gasteiger partial charge in [-0.15, -0.1) is 0 Å². The van der Waals surface area contributed by atoms with Crippen molar-refractivity contribution < 1.29 is 5.11 Å². The molecule has 1 N–H and O–H groups in total.